The van der Waals surface area contributed by atoms with Gasteiger partial charge in [-0.1, -0.05) is 145 Å². The third-order valence-electron chi connectivity index (χ3n) is 7.95. The van der Waals surface area contributed by atoms with E-state index in [1.165, 1.54) is 6.92 Å². The minimum atomic E-state index is -1.06. The van der Waals surface area contributed by atoms with Crippen molar-refractivity contribution in [3.63, 3.8) is 0 Å². The number of furan rings is 1. The smallest absolute Gasteiger partial charge is 0.136 e. The van der Waals surface area contributed by atoms with Crippen LogP contribution in [0.5, 0.6) is 0 Å². The molecule has 0 aliphatic carbocycles. The van der Waals surface area contributed by atoms with Gasteiger partial charge in [0.15, 0.2) is 0 Å². The van der Waals surface area contributed by atoms with Gasteiger partial charge in [0.1, 0.15) is 11.2 Å². The first-order chi connectivity index (χ1) is 35.0. The quantitative estimate of drug-likeness (QED) is 0.176. The number of fused-ring (bicyclic) bond motifs is 7. The van der Waals surface area contributed by atoms with E-state index in [0.717, 1.165) is 0 Å². The first-order valence-corrected chi connectivity index (χ1v) is 14.4. The molecule has 0 unspecified atom stereocenters. The van der Waals surface area contributed by atoms with Gasteiger partial charge in [0.25, 0.3) is 0 Å². The molecule has 48 heavy (non-hydrogen) atoms. The van der Waals surface area contributed by atoms with Crippen LogP contribution in [-0.4, -0.2) is 0 Å². The standard InChI is InChI=1S/C47H30O/c1-29-17-23-40-43(25-29)47(37-16-8-12-31-9-4-5-13-36(31)37)39-15-7-6-14-38(39)46(40)32-20-18-30(19-21-32)35-22-24-44-41(27-35)42-26-33-10-2-3-11-34(33)28-45(42)48-44/h2-28H,1H3/i2D,3D,4D,5D,6D,7D,8D,9D,10D,11D,12D,13D,14D,15D,16D,17D,18D,19D,20D,21D,22D,23D,24D,25D,26D,27D,28D. The largest absolute Gasteiger partial charge is 0.456 e. The van der Waals surface area contributed by atoms with Crippen molar-refractivity contribution in [2.75, 3.05) is 0 Å². The van der Waals surface area contributed by atoms with Crippen LogP contribution in [0.15, 0.2) is 168 Å². The predicted molar refractivity (Wildman–Crippen MR) is 205 cm³/mol. The van der Waals surface area contributed by atoms with E-state index in [1.807, 2.05) is 0 Å². The fraction of sp³-hybridized carbons (Fsp3) is 0.0213. The average molecular weight is 638 g/mol. The van der Waals surface area contributed by atoms with Gasteiger partial charge in [0, 0.05) is 10.8 Å². The van der Waals surface area contributed by atoms with Gasteiger partial charge in [0.2, 0.25) is 0 Å². The molecule has 0 radical (unpaired) electrons. The molecular formula is C47H30O. The number of hydrogen-bond acceptors (Lipinski definition) is 1. The Morgan fingerprint density at radius 2 is 0.979 bits per heavy atom. The second-order valence-electron chi connectivity index (χ2n) is 10.8. The summed E-state index contributed by atoms with van der Waals surface area (Å²) in [4.78, 5) is 0. The zero-order valence-corrected chi connectivity index (χ0v) is 24.4. The van der Waals surface area contributed by atoms with Crippen LogP contribution >= 0.6 is 0 Å². The first kappa shape index (κ1) is 11.5. The van der Waals surface area contributed by atoms with Gasteiger partial charge in [-0.15, -0.1) is 0 Å². The highest BCUT2D eigenvalue weighted by Crippen LogP contribution is 2.46. The lowest BCUT2D eigenvalue weighted by atomic mass is 9.84. The van der Waals surface area contributed by atoms with Crippen LogP contribution < -0.4 is 0 Å². The molecule has 10 aromatic rings. The lowest BCUT2D eigenvalue weighted by Crippen LogP contribution is -1.92. The Morgan fingerprint density at radius 1 is 0.375 bits per heavy atom. The highest BCUT2D eigenvalue weighted by Gasteiger charge is 2.18. The SMILES string of the molecule is [2H]c1c([2H])c(-c2c3c([2H])c([2H])c([2H])c([2H])c3c(-c3c([2H])c([2H])c([2H])c4c([2H])c([2H])c([2H])c([2H])c34)c3c([2H])c(C)c([2H])c([2H])c23)c([2H])c([2H])c1-c1c([2H])c([2H])c2oc3c([2H])c4c([2H])c([2H])c([2H])c([2H])c4c([2H])c3c2c1[2H]. The molecule has 0 bridgehead atoms. The van der Waals surface area contributed by atoms with Gasteiger partial charge < -0.3 is 4.42 Å². The van der Waals surface area contributed by atoms with Gasteiger partial charge in [-0.25, -0.2) is 0 Å². The molecular weight excluding hydrogens is 581 g/mol. The summed E-state index contributed by atoms with van der Waals surface area (Å²) in [5.41, 5.74) is -5.55. The molecule has 0 atom stereocenters. The van der Waals surface area contributed by atoms with Crippen LogP contribution in [0, 0.1) is 6.92 Å². The van der Waals surface area contributed by atoms with Crippen molar-refractivity contribution in [1.82, 2.24) is 0 Å². The minimum absolute atomic E-state index is 0.239. The van der Waals surface area contributed by atoms with Crippen molar-refractivity contribution in [1.29, 1.82) is 0 Å². The highest BCUT2D eigenvalue weighted by molar-refractivity contribution is 6.23. The summed E-state index contributed by atoms with van der Waals surface area (Å²) < 4.78 is 250. The number of hydrogen-bond donors (Lipinski definition) is 0. The van der Waals surface area contributed by atoms with Gasteiger partial charge in [-0.05, 0) is 108 Å². The maximum atomic E-state index is 9.64. The molecule has 0 spiro atoms. The second-order valence-corrected chi connectivity index (χ2v) is 10.8. The molecule has 1 nitrogen and oxygen atoms in total. The summed E-state index contributed by atoms with van der Waals surface area (Å²) in [6.07, 6.45) is 0. The molecule has 9 aromatic carbocycles. The Balaban J connectivity index is 1.42. The third-order valence-corrected chi connectivity index (χ3v) is 7.95. The van der Waals surface area contributed by atoms with E-state index in [2.05, 4.69) is 0 Å². The Hall–Kier alpha value is -6.18. The topological polar surface area (TPSA) is 13.1 Å². The van der Waals surface area contributed by atoms with E-state index in [4.69, 9.17) is 27.7 Å². The van der Waals surface area contributed by atoms with E-state index < -0.39 is 262 Å². The summed E-state index contributed by atoms with van der Waals surface area (Å²) in [6.45, 7) is 1.25. The average Bonchev–Trinajstić information content (AvgIpc) is 3.80. The molecule has 0 amide bonds. The Bertz CT molecular complexity index is 4320. The maximum Gasteiger partial charge on any atom is 0.136 e. The molecule has 0 aliphatic heterocycles. The van der Waals surface area contributed by atoms with Gasteiger partial charge in [0.05, 0.1) is 37.0 Å². The van der Waals surface area contributed by atoms with Gasteiger partial charge in [-0.2, -0.15) is 0 Å². The monoisotopic (exact) mass is 637 g/mol. The van der Waals surface area contributed by atoms with Crippen LogP contribution in [0.2, 0.25) is 0 Å². The van der Waals surface area contributed by atoms with Crippen molar-refractivity contribution in [3.8, 4) is 33.4 Å². The molecule has 0 fully saturated rings. The Kier molecular flexibility index (Phi) is 2.50. The summed E-state index contributed by atoms with van der Waals surface area (Å²) in [6, 6.07) is -22.9. The van der Waals surface area contributed by atoms with Crippen LogP contribution in [0.4, 0.5) is 0 Å². The van der Waals surface area contributed by atoms with E-state index in [-0.39, 0.29) is 5.56 Å². The fourth-order valence-corrected chi connectivity index (χ4v) is 5.86. The molecule has 224 valence electrons. The molecule has 0 saturated heterocycles. The van der Waals surface area contributed by atoms with Crippen LogP contribution in [-0.2, 0) is 0 Å². The van der Waals surface area contributed by atoms with Crippen molar-refractivity contribution < 1.29 is 41.4 Å². The zero-order valence-electron chi connectivity index (χ0n) is 51.4. The normalized spacial score (nSPS) is 19.7. The Labute approximate surface area is 316 Å². The maximum absolute atomic E-state index is 9.64. The predicted octanol–water partition coefficient (Wildman–Crippen LogP) is 13.5. The summed E-state index contributed by atoms with van der Waals surface area (Å²) >= 11 is 0. The third kappa shape index (κ3) is 4.11. The van der Waals surface area contributed by atoms with Crippen molar-refractivity contribution in [3.05, 3.63) is 169 Å². The van der Waals surface area contributed by atoms with Crippen molar-refractivity contribution in [2.24, 2.45) is 0 Å². The molecule has 0 saturated carbocycles. The number of benzene rings is 9. The van der Waals surface area contributed by atoms with Crippen LogP contribution in [0.25, 0.3) is 98.4 Å². The van der Waals surface area contributed by atoms with Gasteiger partial charge >= 0.3 is 0 Å². The lowest BCUT2D eigenvalue weighted by molar-refractivity contribution is 0.669. The molecule has 1 heterocycles. The van der Waals surface area contributed by atoms with E-state index in [9.17, 15) is 13.7 Å². The lowest BCUT2D eigenvalue weighted by Gasteiger charge is -2.19. The van der Waals surface area contributed by atoms with Crippen molar-refractivity contribution in [2.45, 2.75) is 6.92 Å². The fourth-order valence-electron chi connectivity index (χ4n) is 5.86. The van der Waals surface area contributed by atoms with E-state index in [0.29, 0.717) is 0 Å². The molecule has 10 rings (SSSR count). The molecule has 0 aliphatic rings. The van der Waals surface area contributed by atoms with Gasteiger partial charge in [-0.3, -0.25) is 0 Å². The summed E-state index contributed by atoms with van der Waals surface area (Å²) in [7, 11) is 0. The highest BCUT2D eigenvalue weighted by atomic mass is 16.3. The van der Waals surface area contributed by atoms with Crippen LogP contribution in [0.3, 0.4) is 0 Å². The Morgan fingerprint density at radius 3 is 1.79 bits per heavy atom. The van der Waals surface area contributed by atoms with Crippen molar-refractivity contribution >= 4 is 65.0 Å². The molecule has 0 N–H and O–H groups in total. The van der Waals surface area contributed by atoms with E-state index >= 15 is 0 Å². The summed E-state index contributed by atoms with van der Waals surface area (Å²) in [5, 5.41) is -5.39. The molecule has 1 aromatic heterocycles. The van der Waals surface area contributed by atoms with Crippen LogP contribution in [0.1, 0.15) is 42.6 Å². The first-order valence-electron chi connectivity index (χ1n) is 27.9. The minimum Gasteiger partial charge on any atom is -0.456 e. The molecule has 1 heteroatoms. The number of rotatable bonds is 3. The zero-order chi connectivity index (χ0) is 55.3. The van der Waals surface area contributed by atoms with E-state index in [1.54, 1.807) is 0 Å². The second kappa shape index (κ2) is 10.4. The summed E-state index contributed by atoms with van der Waals surface area (Å²) in [5.74, 6) is 0.